The van der Waals surface area contributed by atoms with Crippen LogP contribution in [0.4, 0.5) is 0 Å². The summed E-state index contributed by atoms with van der Waals surface area (Å²) >= 11 is 5.64. The summed E-state index contributed by atoms with van der Waals surface area (Å²) in [5.41, 5.74) is 0. The van der Waals surface area contributed by atoms with Gasteiger partial charge in [-0.15, -0.1) is 11.6 Å². The van der Waals surface area contributed by atoms with E-state index in [9.17, 15) is 4.79 Å². The first-order chi connectivity index (χ1) is 6.51. The van der Waals surface area contributed by atoms with Crippen LogP contribution in [0.5, 0.6) is 0 Å². The van der Waals surface area contributed by atoms with Crippen molar-refractivity contribution in [3.05, 3.63) is 12.7 Å². The summed E-state index contributed by atoms with van der Waals surface area (Å²) in [6, 6.07) is 0. The lowest BCUT2D eigenvalue weighted by atomic mass is 10.4. The van der Waals surface area contributed by atoms with Crippen LogP contribution in [0.3, 0.4) is 0 Å². The van der Waals surface area contributed by atoms with Gasteiger partial charge in [0.1, 0.15) is 5.79 Å². The number of alkyl halides is 1. The van der Waals surface area contributed by atoms with E-state index in [-0.39, 0.29) is 5.79 Å². The lowest BCUT2D eigenvalue weighted by Gasteiger charge is -2.30. The summed E-state index contributed by atoms with van der Waals surface area (Å²) in [6.45, 7) is 2.96. The highest BCUT2D eigenvalue weighted by Gasteiger charge is 2.20. The highest BCUT2D eigenvalue weighted by Crippen LogP contribution is 1.93. The summed E-state index contributed by atoms with van der Waals surface area (Å²) in [4.78, 5) is 9.25. The van der Waals surface area contributed by atoms with Gasteiger partial charge in [0.15, 0.2) is 0 Å². The van der Waals surface area contributed by atoms with Crippen molar-refractivity contribution in [2.75, 3.05) is 27.0 Å². The van der Waals surface area contributed by atoms with Crippen molar-refractivity contribution in [1.29, 1.82) is 0 Å². The second kappa shape index (κ2) is 8.96. The molecule has 0 amide bonds. The van der Waals surface area contributed by atoms with E-state index in [1.165, 1.54) is 0 Å². The van der Waals surface area contributed by atoms with Crippen LogP contribution in [0.15, 0.2) is 12.7 Å². The van der Waals surface area contributed by atoms with Gasteiger partial charge in [0.25, 0.3) is 0 Å². The third-order valence-corrected chi connectivity index (χ3v) is 2.06. The van der Waals surface area contributed by atoms with Crippen LogP contribution >= 0.6 is 11.6 Å². The monoisotopic (exact) mass is 223 g/mol. The molecule has 0 rings (SSSR count). The third-order valence-electron chi connectivity index (χ3n) is 1.66. The van der Waals surface area contributed by atoms with E-state index >= 15 is 0 Å². The molecule has 0 aromatic heterocycles. The summed E-state index contributed by atoms with van der Waals surface area (Å²) < 4.78 is 0. The van der Waals surface area contributed by atoms with E-state index in [0.29, 0.717) is 5.88 Å². The molecule has 5 nitrogen and oxygen atoms in total. The van der Waals surface area contributed by atoms with E-state index in [4.69, 9.17) is 16.7 Å². The molecule has 0 unspecified atom stereocenters. The van der Waals surface area contributed by atoms with E-state index in [1.54, 1.807) is 0 Å². The Morgan fingerprint density at radius 2 is 1.71 bits per heavy atom. The molecule has 0 aliphatic rings. The fraction of sp³-hybridized carbons (Fsp3) is 0.625. The molecular formula is C8H18ClN3O2. The molecule has 4 N–H and O–H groups in total. The van der Waals surface area contributed by atoms with Crippen molar-refractivity contribution >= 4 is 17.6 Å². The minimum atomic E-state index is -0.981. The zero-order valence-corrected chi connectivity index (χ0v) is 9.48. The molecule has 6 heteroatoms. The molecule has 0 aromatic rings. The maximum absolute atomic E-state index is 9.25. The van der Waals surface area contributed by atoms with Crippen LogP contribution in [-0.4, -0.2) is 43.9 Å². The molecule has 0 spiro atoms. The Balaban J connectivity index is 0. The number of rotatable bonds is 5. The van der Waals surface area contributed by atoms with Crippen LogP contribution in [-0.2, 0) is 4.79 Å². The van der Waals surface area contributed by atoms with Gasteiger partial charge in [0.05, 0.1) is 5.88 Å². The van der Waals surface area contributed by atoms with Crippen LogP contribution in [0.2, 0.25) is 0 Å². The van der Waals surface area contributed by atoms with Gasteiger partial charge in [0, 0.05) is 6.08 Å². The first kappa shape index (κ1) is 15.8. The van der Waals surface area contributed by atoms with Gasteiger partial charge in [-0.3, -0.25) is 16.0 Å². The Bertz CT molecular complexity index is 154. The average molecular weight is 224 g/mol. The normalized spacial score (nSPS) is 10.0. The Morgan fingerprint density at radius 1 is 1.43 bits per heavy atom. The van der Waals surface area contributed by atoms with Crippen LogP contribution in [0.1, 0.15) is 0 Å². The zero-order valence-electron chi connectivity index (χ0n) is 8.72. The number of nitrogens with one attached hydrogen (secondary N) is 3. The first-order valence-corrected chi connectivity index (χ1v) is 4.53. The van der Waals surface area contributed by atoms with Crippen molar-refractivity contribution in [1.82, 2.24) is 16.0 Å². The maximum Gasteiger partial charge on any atom is 0.327 e. The second-order valence-corrected chi connectivity index (χ2v) is 2.60. The topological polar surface area (TPSA) is 73.4 Å². The average Bonchev–Trinajstić information content (AvgIpc) is 2.23. The number of aliphatic carboxylic acids is 1. The van der Waals surface area contributed by atoms with Crippen LogP contribution in [0.25, 0.3) is 0 Å². The molecule has 0 bridgehead atoms. The fourth-order valence-electron chi connectivity index (χ4n) is 0.575. The van der Waals surface area contributed by atoms with Gasteiger partial charge in [-0.05, 0) is 21.1 Å². The highest BCUT2D eigenvalue weighted by atomic mass is 35.5. The number of carboxylic acid groups (broad SMARTS) is 1. The fourth-order valence-corrected chi connectivity index (χ4v) is 0.976. The van der Waals surface area contributed by atoms with Crippen molar-refractivity contribution in [2.24, 2.45) is 0 Å². The molecule has 0 aliphatic carbocycles. The molecule has 0 fully saturated rings. The number of carboxylic acids is 1. The van der Waals surface area contributed by atoms with Crippen molar-refractivity contribution in [2.45, 2.75) is 5.79 Å². The van der Waals surface area contributed by atoms with Crippen LogP contribution < -0.4 is 16.0 Å². The van der Waals surface area contributed by atoms with E-state index in [0.717, 1.165) is 6.08 Å². The molecule has 14 heavy (non-hydrogen) atoms. The predicted octanol–water partition coefficient (Wildman–Crippen LogP) is -0.206. The Morgan fingerprint density at radius 3 is 1.71 bits per heavy atom. The maximum atomic E-state index is 9.25. The highest BCUT2D eigenvalue weighted by molar-refractivity contribution is 6.18. The smallest absolute Gasteiger partial charge is 0.327 e. The van der Waals surface area contributed by atoms with Crippen molar-refractivity contribution < 1.29 is 9.90 Å². The molecule has 84 valence electrons. The number of halogens is 1. The Hall–Kier alpha value is -0.620. The first-order valence-electron chi connectivity index (χ1n) is 4.00. The number of hydrogen-bond acceptors (Lipinski definition) is 4. The summed E-state index contributed by atoms with van der Waals surface area (Å²) in [5, 5.41) is 16.6. The SMILES string of the molecule is C=CC(=O)O.CNC(CCl)(NC)NC. The number of carbonyl (C=O) groups is 1. The van der Waals surface area contributed by atoms with Gasteiger partial charge < -0.3 is 5.11 Å². The van der Waals surface area contributed by atoms with E-state index < -0.39 is 5.97 Å². The third kappa shape index (κ3) is 6.85. The number of hydrogen-bond donors (Lipinski definition) is 4. The van der Waals surface area contributed by atoms with Gasteiger partial charge in [-0.2, -0.15) is 0 Å². The minimum Gasteiger partial charge on any atom is -0.478 e. The van der Waals surface area contributed by atoms with E-state index in [2.05, 4.69) is 22.5 Å². The van der Waals surface area contributed by atoms with Gasteiger partial charge in [-0.1, -0.05) is 6.58 Å². The standard InChI is InChI=1S/C5H14ClN3.C3H4O2/c1-7-5(4-6,8-2)9-3;1-2-3(4)5/h7-9H,4H2,1-3H3;2H,1H2,(H,4,5). The van der Waals surface area contributed by atoms with Gasteiger partial charge in [0.2, 0.25) is 0 Å². The minimum absolute atomic E-state index is 0.318. The molecule has 0 aromatic carbocycles. The zero-order chi connectivity index (χ0) is 11.6. The largest absolute Gasteiger partial charge is 0.478 e. The summed E-state index contributed by atoms with van der Waals surface area (Å²) in [5.74, 6) is -0.817. The van der Waals surface area contributed by atoms with Gasteiger partial charge >= 0.3 is 5.97 Å². The quantitative estimate of drug-likeness (QED) is 0.295. The Labute approximate surface area is 89.5 Å². The molecule has 0 aliphatic heterocycles. The lowest BCUT2D eigenvalue weighted by molar-refractivity contribution is -0.131. The molecule has 0 heterocycles. The van der Waals surface area contributed by atoms with E-state index in [1.807, 2.05) is 21.1 Å². The van der Waals surface area contributed by atoms with Gasteiger partial charge in [-0.25, -0.2) is 4.79 Å². The second-order valence-electron chi connectivity index (χ2n) is 2.33. The molecule has 0 saturated heterocycles. The molecule has 0 atom stereocenters. The molecule has 0 saturated carbocycles. The van der Waals surface area contributed by atoms with Crippen molar-refractivity contribution in [3.8, 4) is 0 Å². The predicted molar refractivity (Wildman–Crippen MR) is 58.5 cm³/mol. The Kier molecular flexibility index (Phi) is 10.1. The summed E-state index contributed by atoms with van der Waals surface area (Å²) in [6.07, 6.45) is 0.833. The van der Waals surface area contributed by atoms with Crippen molar-refractivity contribution in [3.63, 3.8) is 0 Å². The molecular weight excluding hydrogens is 206 g/mol. The lowest BCUT2D eigenvalue weighted by Crippen LogP contribution is -2.64. The summed E-state index contributed by atoms with van der Waals surface area (Å²) in [7, 11) is 5.53. The molecule has 0 radical (unpaired) electrons. The van der Waals surface area contributed by atoms with Crippen LogP contribution in [0, 0.1) is 0 Å².